The average molecular weight is 393 g/mol. The molecule has 2 heterocycles. The van der Waals surface area contributed by atoms with E-state index in [1.165, 1.54) is 24.7 Å². The van der Waals surface area contributed by atoms with Crippen molar-refractivity contribution in [1.82, 2.24) is 9.97 Å². The summed E-state index contributed by atoms with van der Waals surface area (Å²) in [5.74, 6) is 0.240. The van der Waals surface area contributed by atoms with Gasteiger partial charge in [0.25, 0.3) is 10.0 Å². The first kappa shape index (κ1) is 13.4. The van der Waals surface area contributed by atoms with E-state index in [1.807, 2.05) is 0 Å². The van der Waals surface area contributed by atoms with Crippen molar-refractivity contribution in [3.8, 4) is 0 Å². The number of anilines is 1. The van der Waals surface area contributed by atoms with Gasteiger partial charge in [-0.25, -0.2) is 13.4 Å². The molecule has 0 fully saturated rings. The van der Waals surface area contributed by atoms with Crippen LogP contribution in [0.2, 0.25) is 0 Å². The van der Waals surface area contributed by atoms with Crippen LogP contribution in [0.3, 0.4) is 0 Å². The smallest absolute Gasteiger partial charge is 0.263 e. The average Bonchev–Trinajstić information content (AvgIpc) is 2.28. The molecule has 94 valence electrons. The van der Waals surface area contributed by atoms with Crippen LogP contribution in [0.5, 0.6) is 0 Å². The Morgan fingerprint density at radius 3 is 2.56 bits per heavy atom. The van der Waals surface area contributed by atoms with Gasteiger partial charge in [0.2, 0.25) is 0 Å². The van der Waals surface area contributed by atoms with Gasteiger partial charge >= 0.3 is 0 Å². The highest BCUT2D eigenvalue weighted by Gasteiger charge is 2.15. The number of hydrogen-bond acceptors (Lipinski definition) is 4. The van der Waals surface area contributed by atoms with Gasteiger partial charge in [0.05, 0.1) is 0 Å². The molecule has 0 unspecified atom stereocenters. The Hall–Kier alpha value is -0.990. The molecule has 0 saturated carbocycles. The highest BCUT2D eigenvalue weighted by molar-refractivity contribution is 9.10. The second-order valence-electron chi connectivity index (χ2n) is 3.30. The Kier molecular flexibility index (Phi) is 3.98. The second kappa shape index (κ2) is 5.33. The van der Waals surface area contributed by atoms with Gasteiger partial charge in [-0.15, -0.1) is 0 Å². The van der Waals surface area contributed by atoms with Crippen LogP contribution in [0.1, 0.15) is 0 Å². The van der Waals surface area contributed by atoms with E-state index in [0.29, 0.717) is 4.47 Å². The van der Waals surface area contributed by atoms with Crippen molar-refractivity contribution in [1.29, 1.82) is 0 Å². The number of sulfonamides is 1. The maximum Gasteiger partial charge on any atom is 0.264 e. The van der Waals surface area contributed by atoms with E-state index in [9.17, 15) is 8.42 Å². The summed E-state index contributed by atoms with van der Waals surface area (Å²) >= 11 is 6.42. The summed E-state index contributed by atoms with van der Waals surface area (Å²) in [5.41, 5.74) is 0. The monoisotopic (exact) mass is 391 g/mol. The predicted molar refractivity (Wildman–Crippen MR) is 74.7 cm³/mol. The number of pyridine rings is 2. The van der Waals surface area contributed by atoms with Crippen LogP contribution >= 0.6 is 31.9 Å². The fourth-order valence-electron chi connectivity index (χ4n) is 1.20. The lowest BCUT2D eigenvalue weighted by molar-refractivity contribution is 0.600. The Bertz CT molecular complexity index is 676. The van der Waals surface area contributed by atoms with Crippen LogP contribution in [-0.2, 0) is 10.0 Å². The van der Waals surface area contributed by atoms with Crippen LogP contribution in [-0.4, -0.2) is 18.4 Å². The molecule has 0 amide bonds. The molecule has 0 saturated heterocycles. The molecule has 0 aromatic carbocycles. The SMILES string of the molecule is O=S(=O)(Nc1cc(Br)ccn1)c1cncc(Br)c1. The molecule has 2 aromatic rings. The van der Waals surface area contributed by atoms with E-state index in [2.05, 4.69) is 46.5 Å². The maximum absolute atomic E-state index is 12.0. The minimum atomic E-state index is -3.68. The van der Waals surface area contributed by atoms with Crippen LogP contribution in [0.25, 0.3) is 0 Å². The van der Waals surface area contributed by atoms with Crippen molar-refractivity contribution in [2.45, 2.75) is 4.90 Å². The number of nitrogens with zero attached hydrogens (tertiary/aromatic N) is 2. The van der Waals surface area contributed by atoms with E-state index < -0.39 is 10.0 Å². The summed E-state index contributed by atoms with van der Waals surface area (Å²) in [5, 5.41) is 0. The Morgan fingerprint density at radius 1 is 1.11 bits per heavy atom. The molecular weight excluding hydrogens is 386 g/mol. The Morgan fingerprint density at radius 2 is 1.89 bits per heavy atom. The third-order valence-electron chi connectivity index (χ3n) is 1.95. The fraction of sp³-hybridized carbons (Fsp3) is 0. The predicted octanol–water partition coefficient (Wildman–Crippen LogP) is 2.80. The van der Waals surface area contributed by atoms with Crippen LogP contribution in [0.4, 0.5) is 5.82 Å². The van der Waals surface area contributed by atoms with Crippen LogP contribution in [0, 0.1) is 0 Å². The molecule has 0 aliphatic carbocycles. The van der Waals surface area contributed by atoms with Gasteiger partial charge in [0.1, 0.15) is 10.7 Å². The number of halogens is 2. The molecule has 2 aromatic heterocycles. The molecule has 0 atom stereocenters. The first-order valence-corrected chi connectivity index (χ1v) is 7.79. The second-order valence-corrected chi connectivity index (χ2v) is 6.82. The first-order chi connectivity index (χ1) is 8.47. The summed E-state index contributed by atoms with van der Waals surface area (Å²) in [6.07, 6.45) is 4.28. The topological polar surface area (TPSA) is 72.0 Å². The van der Waals surface area contributed by atoms with E-state index >= 15 is 0 Å². The van der Waals surface area contributed by atoms with Crippen molar-refractivity contribution in [2.24, 2.45) is 0 Å². The quantitative estimate of drug-likeness (QED) is 0.871. The third kappa shape index (κ3) is 3.27. The van der Waals surface area contributed by atoms with Crippen molar-refractivity contribution >= 4 is 47.7 Å². The fourth-order valence-corrected chi connectivity index (χ4v) is 3.03. The van der Waals surface area contributed by atoms with E-state index in [0.717, 1.165) is 4.47 Å². The van der Waals surface area contributed by atoms with Crippen LogP contribution in [0.15, 0.2) is 50.6 Å². The number of nitrogens with one attached hydrogen (secondary N) is 1. The number of hydrogen-bond donors (Lipinski definition) is 1. The molecule has 0 radical (unpaired) electrons. The highest BCUT2D eigenvalue weighted by Crippen LogP contribution is 2.19. The molecular formula is C10H7Br2N3O2S. The maximum atomic E-state index is 12.0. The molecule has 5 nitrogen and oxygen atoms in total. The molecule has 0 aliphatic heterocycles. The van der Waals surface area contributed by atoms with Gasteiger partial charge in [-0.1, -0.05) is 15.9 Å². The minimum Gasteiger partial charge on any atom is -0.263 e. The molecule has 2 rings (SSSR count). The highest BCUT2D eigenvalue weighted by atomic mass is 79.9. The zero-order valence-electron chi connectivity index (χ0n) is 8.84. The first-order valence-electron chi connectivity index (χ1n) is 4.72. The van der Waals surface area contributed by atoms with Crippen LogP contribution < -0.4 is 4.72 Å². The lowest BCUT2D eigenvalue weighted by Gasteiger charge is -2.07. The Labute approximate surface area is 121 Å². The number of rotatable bonds is 3. The lowest BCUT2D eigenvalue weighted by atomic mass is 10.5. The summed E-state index contributed by atoms with van der Waals surface area (Å²) < 4.78 is 27.8. The van der Waals surface area contributed by atoms with Gasteiger partial charge in [0.15, 0.2) is 0 Å². The summed E-state index contributed by atoms with van der Waals surface area (Å²) in [6, 6.07) is 4.74. The molecule has 0 bridgehead atoms. The van der Waals surface area contributed by atoms with Crippen molar-refractivity contribution in [2.75, 3.05) is 4.72 Å². The molecule has 0 spiro atoms. The Balaban J connectivity index is 2.33. The van der Waals surface area contributed by atoms with E-state index in [4.69, 9.17) is 0 Å². The van der Waals surface area contributed by atoms with Gasteiger partial charge in [-0.05, 0) is 34.1 Å². The largest absolute Gasteiger partial charge is 0.264 e. The van der Waals surface area contributed by atoms with Gasteiger partial charge in [-0.2, -0.15) is 0 Å². The normalized spacial score (nSPS) is 11.2. The molecule has 0 aliphatic rings. The zero-order valence-corrected chi connectivity index (χ0v) is 12.8. The van der Waals surface area contributed by atoms with Gasteiger partial charge in [-0.3, -0.25) is 9.71 Å². The summed E-state index contributed by atoms with van der Waals surface area (Å²) in [4.78, 5) is 7.80. The standard InChI is InChI=1S/C10H7Br2N3O2S/c11-7-1-2-14-10(4-7)15-18(16,17)9-3-8(12)5-13-6-9/h1-6H,(H,14,15). The minimum absolute atomic E-state index is 0.0682. The third-order valence-corrected chi connectivity index (χ3v) is 4.20. The number of aromatic nitrogens is 2. The molecule has 18 heavy (non-hydrogen) atoms. The summed E-state index contributed by atoms with van der Waals surface area (Å²) in [6.45, 7) is 0. The van der Waals surface area contributed by atoms with Crippen molar-refractivity contribution in [3.63, 3.8) is 0 Å². The zero-order chi connectivity index (χ0) is 13.2. The lowest BCUT2D eigenvalue weighted by Crippen LogP contribution is -2.14. The summed E-state index contributed by atoms with van der Waals surface area (Å²) in [7, 11) is -3.68. The van der Waals surface area contributed by atoms with E-state index in [-0.39, 0.29) is 10.7 Å². The van der Waals surface area contributed by atoms with Crippen molar-refractivity contribution < 1.29 is 8.42 Å². The van der Waals surface area contributed by atoms with Gasteiger partial charge < -0.3 is 0 Å². The molecule has 1 N–H and O–H groups in total. The molecule has 8 heteroatoms. The van der Waals surface area contributed by atoms with E-state index in [1.54, 1.807) is 12.1 Å². The van der Waals surface area contributed by atoms with Gasteiger partial charge in [0, 0.05) is 27.5 Å². The van der Waals surface area contributed by atoms with Crippen molar-refractivity contribution in [3.05, 3.63) is 45.7 Å².